The zero-order valence-electron chi connectivity index (χ0n) is 17.6. The summed E-state index contributed by atoms with van der Waals surface area (Å²) >= 11 is 0. The minimum absolute atomic E-state index is 0.0506. The summed E-state index contributed by atoms with van der Waals surface area (Å²) in [6.07, 6.45) is -1.20. The summed E-state index contributed by atoms with van der Waals surface area (Å²) in [5, 5.41) is 7.78. The first-order valence-corrected chi connectivity index (χ1v) is 10.2. The molecule has 3 heterocycles. The van der Waals surface area contributed by atoms with Crippen LogP contribution in [0.4, 0.5) is 19.0 Å². The molecule has 11 heteroatoms. The first kappa shape index (κ1) is 22.0. The summed E-state index contributed by atoms with van der Waals surface area (Å²) in [6, 6.07) is 4.32. The first-order valence-electron chi connectivity index (χ1n) is 10.2. The molecule has 0 aliphatic carbocycles. The highest BCUT2D eigenvalue weighted by Gasteiger charge is 2.31. The lowest BCUT2D eigenvalue weighted by molar-refractivity contribution is -0.137. The van der Waals surface area contributed by atoms with Crippen LogP contribution in [0.5, 0.6) is 0 Å². The molecule has 0 saturated carbocycles. The summed E-state index contributed by atoms with van der Waals surface area (Å²) in [5.74, 6) is 0.190. The number of nitrogens with zero attached hydrogens (tertiary/aromatic N) is 5. The third kappa shape index (κ3) is 4.67. The van der Waals surface area contributed by atoms with Gasteiger partial charge < -0.3 is 15.0 Å². The van der Waals surface area contributed by atoms with Crippen LogP contribution < -0.4 is 10.2 Å². The van der Waals surface area contributed by atoms with Crippen LogP contribution in [0.25, 0.3) is 11.0 Å². The van der Waals surface area contributed by atoms with Crippen LogP contribution in [0, 0.1) is 0 Å². The normalized spacial score (nSPS) is 19.3. The van der Waals surface area contributed by atoms with E-state index in [2.05, 4.69) is 25.3 Å². The fourth-order valence-electron chi connectivity index (χ4n) is 3.86. The van der Waals surface area contributed by atoms with E-state index in [1.165, 1.54) is 18.5 Å². The van der Waals surface area contributed by atoms with E-state index < -0.39 is 17.6 Å². The second-order valence-corrected chi connectivity index (χ2v) is 7.80. The van der Waals surface area contributed by atoms with Crippen molar-refractivity contribution in [2.75, 3.05) is 24.5 Å². The monoisotopic (exact) mass is 448 g/mol. The summed E-state index contributed by atoms with van der Waals surface area (Å²) in [6.45, 7) is 5.91. The van der Waals surface area contributed by atoms with Crippen LogP contribution in [-0.2, 0) is 17.5 Å². The maximum Gasteiger partial charge on any atom is 0.416 e. The van der Waals surface area contributed by atoms with E-state index in [-0.39, 0.29) is 24.3 Å². The Kier molecular flexibility index (Phi) is 6.00. The number of hydrogen-bond donors (Lipinski definition) is 1. The van der Waals surface area contributed by atoms with Crippen LogP contribution in [0.3, 0.4) is 0 Å². The number of ether oxygens (including phenoxy) is 1. The number of carbonyl (C=O) groups is 1. The SMILES string of the molecule is CC1CN(c2ncnc3c2cnn3CCNC(=O)c2cccc(C(F)(F)F)c2)CC(C)O1. The molecule has 32 heavy (non-hydrogen) atoms. The quantitative estimate of drug-likeness (QED) is 0.646. The van der Waals surface area contributed by atoms with Crippen LogP contribution in [-0.4, -0.2) is 57.5 Å². The number of aromatic nitrogens is 4. The molecule has 4 rings (SSSR count). The highest BCUT2D eigenvalue weighted by atomic mass is 19.4. The molecular weight excluding hydrogens is 425 g/mol. The summed E-state index contributed by atoms with van der Waals surface area (Å²) in [4.78, 5) is 23.2. The molecule has 1 amide bonds. The van der Waals surface area contributed by atoms with Crippen LogP contribution in [0.1, 0.15) is 29.8 Å². The van der Waals surface area contributed by atoms with Crippen molar-refractivity contribution >= 4 is 22.8 Å². The molecule has 0 radical (unpaired) electrons. The minimum Gasteiger partial charge on any atom is -0.372 e. The third-order valence-corrected chi connectivity index (χ3v) is 5.19. The van der Waals surface area contributed by atoms with E-state index in [9.17, 15) is 18.0 Å². The molecule has 2 aromatic heterocycles. The van der Waals surface area contributed by atoms with E-state index in [0.29, 0.717) is 25.3 Å². The van der Waals surface area contributed by atoms with Crippen molar-refractivity contribution in [1.82, 2.24) is 25.1 Å². The number of nitrogens with one attached hydrogen (secondary N) is 1. The number of morpholine rings is 1. The maximum atomic E-state index is 12.9. The van der Waals surface area contributed by atoms with Crippen molar-refractivity contribution in [2.24, 2.45) is 0 Å². The zero-order chi connectivity index (χ0) is 22.9. The summed E-state index contributed by atoms with van der Waals surface area (Å²) < 4.78 is 46.0. The second kappa shape index (κ2) is 8.73. The van der Waals surface area contributed by atoms with Gasteiger partial charge in [-0.2, -0.15) is 18.3 Å². The second-order valence-electron chi connectivity index (χ2n) is 7.80. The van der Waals surface area contributed by atoms with Crippen LogP contribution >= 0.6 is 0 Å². The van der Waals surface area contributed by atoms with Gasteiger partial charge in [0.25, 0.3) is 5.91 Å². The average Bonchev–Trinajstić information content (AvgIpc) is 3.15. The molecule has 0 spiro atoms. The Morgan fingerprint density at radius 2 is 1.97 bits per heavy atom. The van der Waals surface area contributed by atoms with Gasteiger partial charge in [-0.05, 0) is 32.0 Å². The Hall–Kier alpha value is -3.21. The Bertz CT molecular complexity index is 1110. The summed E-state index contributed by atoms with van der Waals surface area (Å²) in [7, 11) is 0. The molecule has 170 valence electrons. The highest BCUT2D eigenvalue weighted by molar-refractivity contribution is 5.94. The number of amides is 1. The number of fused-ring (bicyclic) bond motifs is 1. The van der Waals surface area contributed by atoms with Crippen molar-refractivity contribution in [3.63, 3.8) is 0 Å². The summed E-state index contributed by atoms with van der Waals surface area (Å²) in [5.41, 5.74) is -0.292. The average molecular weight is 448 g/mol. The molecule has 2 atom stereocenters. The molecule has 1 saturated heterocycles. The van der Waals surface area contributed by atoms with Gasteiger partial charge in [0.2, 0.25) is 0 Å². The van der Waals surface area contributed by atoms with E-state index in [1.807, 2.05) is 13.8 Å². The fourth-order valence-corrected chi connectivity index (χ4v) is 3.86. The van der Waals surface area contributed by atoms with Gasteiger partial charge in [0.05, 0.1) is 35.9 Å². The van der Waals surface area contributed by atoms with Gasteiger partial charge in [0.1, 0.15) is 12.1 Å². The minimum atomic E-state index is -4.50. The predicted octanol–water partition coefficient (Wildman–Crippen LogP) is 2.89. The Balaban J connectivity index is 1.44. The van der Waals surface area contributed by atoms with Crippen LogP contribution in [0.2, 0.25) is 0 Å². The molecule has 1 aromatic carbocycles. The van der Waals surface area contributed by atoms with Gasteiger partial charge in [-0.25, -0.2) is 14.6 Å². The molecular formula is C21H23F3N6O2. The standard InChI is InChI=1S/C21H23F3N6O2/c1-13-10-29(11-14(2)32-13)18-17-9-28-30(19(17)27-12-26-18)7-6-25-20(31)15-4-3-5-16(8-15)21(22,23)24/h3-5,8-9,12-14H,6-7,10-11H2,1-2H3,(H,25,31). The molecule has 3 aromatic rings. The molecule has 1 aliphatic heterocycles. The zero-order valence-corrected chi connectivity index (χ0v) is 17.6. The van der Waals surface area contributed by atoms with Crippen molar-refractivity contribution in [2.45, 2.75) is 38.8 Å². The Morgan fingerprint density at radius 3 is 2.69 bits per heavy atom. The molecule has 1 aliphatic rings. The number of carbonyl (C=O) groups excluding carboxylic acids is 1. The Labute approximate surface area is 182 Å². The van der Waals surface area contributed by atoms with Gasteiger partial charge in [-0.1, -0.05) is 6.07 Å². The number of alkyl halides is 3. The molecule has 1 N–H and O–H groups in total. The number of halogens is 3. The fraction of sp³-hybridized carbons (Fsp3) is 0.429. The topological polar surface area (TPSA) is 85.2 Å². The highest BCUT2D eigenvalue weighted by Crippen LogP contribution is 2.29. The lowest BCUT2D eigenvalue weighted by Gasteiger charge is -2.36. The van der Waals surface area contributed by atoms with Crippen LogP contribution in [0.15, 0.2) is 36.8 Å². The maximum absolute atomic E-state index is 12.9. The lowest BCUT2D eigenvalue weighted by atomic mass is 10.1. The van der Waals surface area contributed by atoms with Crippen molar-refractivity contribution in [3.8, 4) is 0 Å². The molecule has 2 unspecified atom stereocenters. The van der Waals surface area contributed by atoms with E-state index in [1.54, 1.807) is 10.9 Å². The van der Waals surface area contributed by atoms with Crippen molar-refractivity contribution in [3.05, 3.63) is 47.9 Å². The van der Waals surface area contributed by atoms with Crippen molar-refractivity contribution < 1.29 is 22.7 Å². The van der Waals surface area contributed by atoms with Gasteiger partial charge in [0.15, 0.2) is 5.65 Å². The molecule has 8 nitrogen and oxygen atoms in total. The number of rotatable bonds is 5. The molecule has 0 bridgehead atoms. The largest absolute Gasteiger partial charge is 0.416 e. The van der Waals surface area contributed by atoms with E-state index in [0.717, 1.165) is 23.3 Å². The predicted molar refractivity (Wildman–Crippen MR) is 111 cm³/mol. The van der Waals surface area contributed by atoms with E-state index >= 15 is 0 Å². The number of hydrogen-bond acceptors (Lipinski definition) is 6. The van der Waals surface area contributed by atoms with E-state index in [4.69, 9.17) is 4.74 Å². The number of benzene rings is 1. The number of anilines is 1. The van der Waals surface area contributed by atoms with Gasteiger partial charge in [-0.15, -0.1) is 0 Å². The van der Waals surface area contributed by atoms with Gasteiger partial charge in [0, 0.05) is 25.2 Å². The third-order valence-electron chi connectivity index (χ3n) is 5.19. The molecule has 1 fully saturated rings. The Morgan fingerprint density at radius 1 is 1.22 bits per heavy atom. The first-order chi connectivity index (χ1) is 15.2. The van der Waals surface area contributed by atoms with Gasteiger partial charge in [-0.3, -0.25) is 4.79 Å². The van der Waals surface area contributed by atoms with Gasteiger partial charge >= 0.3 is 6.18 Å². The van der Waals surface area contributed by atoms with Crippen molar-refractivity contribution in [1.29, 1.82) is 0 Å². The smallest absolute Gasteiger partial charge is 0.372 e. The lowest BCUT2D eigenvalue weighted by Crippen LogP contribution is -2.45.